The second-order valence-electron chi connectivity index (χ2n) is 5.44. The molecular weight excluding hydrogens is 336 g/mol. The zero-order chi connectivity index (χ0) is 17.9. The fraction of sp³-hybridized carbons (Fsp3) is 0.105. The summed E-state index contributed by atoms with van der Waals surface area (Å²) in [6.45, 7) is -0.155. The summed E-state index contributed by atoms with van der Waals surface area (Å²) >= 11 is 0. The van der Waals surface area contributed by atoms with E-state index in [2.05, 4.69) is 10.1 Å². The molecule has 0 amide bonds. The Hall–Kier alpha value is -3.61. The number of carbonyl (C=O) groups excluding carboxylic acids is 1. The van der Waals surface area contributed by atoms with Crippen molar-refractivity contribution in [1.82, 2.24) is 10.1 Å². The van der Waals surface area contributed by atoms with Crippen LogP contribution in [0.25, 0.3) is 22.4 Å². The molecular formula is C19H14N2O5. The van der Waals surface area contributed by atoms with Gasteiger partial charge in [-0.05, 0) is 24.3 Å². The van der Waals surface area contributed by atoms with Crippen LogP contribution in [0.5, 0.6) is 5.75 Å². The van der Waals surface area contributed by atoms with Crippen LogP contribution in [0, 0.1) is 0 Å². The molecule has 0 radical (unpaired) electrons. The summed E-state index contributed by atoms with van der Waals surface area (Å²) in [5.74, 6) is 0.681. The minimum absolute atomic E-state index is 0.121. The largest absolute Gasteiger partial charge is 0.496 e. The summed E-state index contributed by atoms with van der Waals surface area (Å²) in [6.07, 6.45) is 0. The number of methoxy groups -OCH3 is 1. The summed E-state index contributed by atoms with van der Waals surface area (Å²) in [6, 6.07) is 16.3. The Labute approximate surface area is 148 Å². The number of benzene rings is 2. The molecule has 0 saturated heterocycles. The van der Waals surface area contributed by atoms with E-state index in [1.165, 1.54) is 0 Å². The van der Waals surface area contributed by atoms with E-state index in [1.807, 2.05) is 36.4 Å². The lowest BCUT2D eigenvalue weighted by Crippen LogP contribution is -2.04. The Morgan fingerprint density at radius 2 is 1.92 bits per heavy atom. The normalized spacial score (nSPS) is 10.8. The van der Waals surface area contributed by atoms with Gasteiger partial charge in [0.1, 0.15) is 11.3 Å². The second kappa shape index (κ2) is 6.72. The van der Waals surface area contributed by atoms with E-state index in [-0.39, 0.29) is 18.3 Å². The number of rotatable bonds is 5. The first-order valence-electron chi connectivity index (χ1n) is 7.86. The molecule has 4 rings (SSSR count). The Balaban J connectivity index is 1.47. The average molecular weight is 350 g/mol. The zero-order valence-electron chi connectivity index (χ0n) is 13.8. The predicted molar refractivity (Wildman–Crippen MR) is 91.6 cm³/mol. The van der Waals surface area contributed by atoms with Crippen LogP contribution in [0.15, 0.2) is 63.5 Å². The molecule has 7 nitrogen and oxygen atoms in total. The van der Waals surface area contributed by atoms with E-state index >= 15 is 0 Å². The quantitative estimate of drug-likeness (QED) is 0.505. The maximum Gasteiger partial charge on any atom is 0.374 e. The number of nitrogens with zero attached hydrogens (tertiary/aromatic N) is 2. The molecule has 0 saturated carbocycles. The first kappa shape index (κ1) is 15.9. The molecule has 0 aliphatic carbocycles. The van der Waals surface area contributed by atoms with Crippen LogP contribution in [0.3, 0.4) is 0 Å². The lowest BCUT2D eigenvalue weighted by molar-refractivity contribution is 0.0396. The van der Waals surface area contributed by atoms with E-state index in [4.69, 9.17) is 18.4 Å². The van der Waals surface area contributed by atoms with Gasteiger partial charge < -0.3 is 18.4 Å². The number of hydrogen-bond acceptors (Lipinski definition) is 7. The summed E-state index contributed by atoms with van der Waals surface area (Å²) in [7, 11) is 1.56. The molecule has 26 heavy (non-hydrogen) atoms. The summed E-state index contributed by atoms with van der Waals surface area (Å²) < 4.78 is 21.1. The van der Waals surface area contributed by atoms with Crippen molar-refractivity contribution >= 4 is 16.9 Å². The first-order chi connectivity index (χ1) is 12.7. The van der Waals surface area contributed by atoms with Crippen molar-refractivity contribution in [1.29, 1.82) is 0 Å². The average Bonchev–Trinajstić information content (AvgIpc) is 3.33. The number of aromatic nitrogens is 2. The molecule has 0 bridgehead atoms. The highest BCUT2D eigenvalue weighted by Crippen LogP contribution is 2.27. The monoisotopic (exact) mass is 350 g/mol. The predicted octanol–water partition coefficient (Wildman–Crippen LogP) is 3.85. The van der Waals surface area contributed by atoms with Gasteiger partial charge in [0.25, 0.3) is 5.89 Å². The number of carbonyl (C=O) groups is 1. The Morgan fingerprint density at radius 1 is 1.12 bits per heavy atom. The number of hydrogen-bond donors (Lipinski definition) is 0. The van der Waals surface area contributed by atoms with Gasteiger partial charge in [-0.25, -0.2) is 4.79 Å². The van der Waals surface area contributed by atoms with Gasteiger partial charge in [0.05, 0.1) is 12.7 Å². The van der Waals surface area contributed by atoms with E-state index in [0.29, 0.717) is 22.7 Å². The SMILES string of the molecule is COc1ccccc1-c1noc(COC(=O)c2cc3ccccc3o2)n1. The van der Waals surface area contributed by atoms with Gasteiger partial charge in [-0.2, -0.15) is 4.98 Å². The van der Waals surface area contributed by atoms with Crippen molar-refractivity contribution in [2.24, 2.45) is 0 Å². The molecule has 2 aromatic heterocycles. The number of ether oxygens (including phenoxy) is 2. The van der Waals surface area contributed by atoms with Gasteiger partial charge in [-0.3, -0.25) is 0 Å². The number of para-hydroxylation sites is 2. The van der Waals surface area contributed by atoms with E-state index < -0.39 is 5.97 Å². The molecule has 0 aliphatic heterocycles. The fourth-order valence-corrected chi connectivity index (χ4v) is 2.53. The Bertz CT molecular complexity index is 1030. The number of fused-ring (bicyclic) bond motifs is 1. The molecule has 0 fully saturated rings. The van der Waals surface area contributed by atoms with Crippen LogP contribution < -0.4 is 4.74 Å². The second-order valence-corrected chi connectivity index (χ2v) is 5.44. The third-order valence-corrected chi connectivity index (χ3v) is 3.77. The minimum Gasteiger partial charge on any atom is -0.496 e. The van der Waals surface area contributed by atoms with Crippen LogP contribution in [0.1, 0.15) is 16.4 Å². The Morgan fingerprint density at radius 3 is 2.77 bits per heavy atom. The third-order valence-electron chi connectivity index (χ3n) is 3.77. The van der Waals surface area contributed by atoms with Gasteiger partial charge in [-0.15, -0.1) is 0 Å². The van der Waals surface area contributed by atoms with E-state index in [9.17, 15) is 4.79 Å². The lowest BCUT2D eigenvalue weighted by Gasteiger charge is -2.03. The third kappa shape index (κ3) is 3.02. The summed E-state index contributed by atoms with van der Waals surface area (Å²) in [5.41, 5.74) is 1.31. The summed E-state index contributed by atoms with van der Waals surface area (Å²) in [4.78, 5) is 16.4. The van der Waals surface area contributed by atoms with Crippen LogP contribution in [0.4, 0.5) is 0 Å². The maximum atomic E-state index is 12.1. The van der Waals surface area contributed by atoms with Crippen molar-refractivity contribution in [3.05, 3.63) is 66.2 Å². The van der Waals surface area contributed by atoms with Crippen LogP contribution in [-0.4, -0.2) is 23.2 Å². The molecule has 0 N–H and O–H groups in total. The lowest BCUT2D eigenvalue weighted by atomic mass is 10.2. The van der Waals surface area contributed by atoms with Gasteiger partial charge in [0.2, 0.25) is 11.6 Å². The molecule has 0 aliphatic rings. The van der Waals surface area contributed by atoms with Crippen LogP contribution in [-0.2, 0) is 11.3 Å². The Kier molecular flexibility index (Phi) is 4.10. The highest BCUT2D eigenvalue weighted by molar-refractivity contribution is 5.92. The molecule has 0 unspecified atom stereocenters. The van der Waals surface area contributed by atoms with Crippen LogP contribution >= 0.6 is 0 Å². The topological polar surface area (TPSA) is 87.6 Å². The standard InChI is InChI=1S/C19H14N2O5/c1-23-15-9-5-3-7-13(15)18-20-17(26-21-18)11-24-19(22)16-10-12-6-2-4-8-14(12)25-16/h2-10H,11H2,1H3. The molecule has 2 aromatic carbocycles. The smallest absolute Gasteiger partial charge is 0.374 e. The van der Waals surface area contributed by atoms with Crippen molar-refractivity contribution in [3.8, 4) is 17.1 Å². The van der Waals surface area contributed by atoms with Crippen molar-refractivity contribution < 1.29 is 23.2 Å². The molecule has 2 heterocycles. The highest BCUT2D eigenvalue weighted by atomic mass is 16.6. The molecule has 130 valence electrons. The van der Waals surface area contributed by atoms with Crippen molar-refractivity contribution in [2.45, 2.75) is 6.61 Å². The van der Waals surface area contributed by atoms with Crippen molar-refractivity contribution in [3.63, 3.8) is 0 Å². The van der Waals surface area contributed by atoms with Crippen molar-refractivity contribution in [2.75, 3.05) is 7.11 Å². The zero-order valence-corrected chi connectivity index (χ0v) is 13.8. The van der Waals surface area contributed by atoms with Crippen LogP contribution in [0.2, 0.25) is 0 Å². The van der Waals surface area contributed by atoms with Gasteiger partial charge >= 0.3 is 5.97 Å². The van der Waals surface area contributed by atoms with Gasteiger partial charge in [-0.1, -0.05) is 35.5 Å². The van der Waals surface area contributed by atoms with Gasteiger partial charge in [0, 0.05) is 5.39 Å². The minimum atomic E-state index is -0.599. The highest BCUT2D eigenvalue weighted by Gasteiger charge is 2.17. The number of furan rings is 1. The summed E-state index contributed by atoms with van der Waals surface area (Å²) in [5, 5.41) is 4.73. The van der Waals surface area contributed by atoms with E-state index in [1.54, 1.807) is 25.3 Å². The molecule has 4 aromatic rings. The number of esters is 1. The van der Waals surface area contributed by atoms with E-state index in [0.717, 1.165) is 5.39 Å². The van der Waals surface area contributed by atoms with Gasteiger partial charge in [0.15, 0.2) is 6.61 Å². The molecule has 0 spiro atoms. The molecule has 0 atom stereocenters. The fourth-order valence-electron chi connectivity index (χ4n) is 2.53. The molecule has 7 heteroatoms. The first-order valence-corrected chi connectivity index (χ1v) is 7.86. The maximum absolute atomic E-state index is 12.1.